The molecule has 14 heavy (non-hydrogen) atoms. The van der Waals surface area contributed by atoms with E-state index in [2.05, 4.69) is 32.3 Å². The highest BCUT2D eigenvalue weighted by atomic mass is 32.1. The zero-order valence-corrected chi connectivity index (χ0v) is 10.7. The number of ether oxygens (including phenoxy) is 1. The molecule has 0 saturated carbocycles. The lowest BCUT2D eigenvalue weighted by Gasteiger charge is -2.18. The van der Waals surface area contributed by atoms with Gasteiger partial charge in [0.15, 0.2) is 0 Å². The van der Waals surface area contributed by atoms with Crippen molar-refractivity contribution in [3.8, 4) is 5.75 Å². The lowest BCUT2D eigenvalue weighted by molar-refractivity contribution is 0.319. The maximum absolute atomic E-state index is 5.79. The summed E-state index contributed by atoms with van der Waals surface area (Å²) < 4.78 is 5.79. The standard InChI is InChI=1S/C11H16OSSi/c1-4-11(14(2)3)12-9-5-7-10(13)8-6-9/h4-8,11,13-14H,1H2,2-3H3. The molecule has 0 fully saturated rings. The molecule has 0 aliphatic heterocycles. The first-order valence-electron chi connectivity index (χ1n) is 4.71. The Kier molecular flexibility index (Phi) is 4.29. The molecule has 3 heteroatoms. The SMILES string of the molecule is C=CC(Oc1ccc(S)cc1)[SiH](C)C. The molecular weight excluding hydrogens is 208 g/mol. The average molecular weight is 224 g/mol. The fourth-order valence-corrected chi connectivity index (χ4v) is 2.26. The summed E-state index contributed by atoms with van der Waals surface area (Å²) in [6, 6.07) is 7.74. The number of hydrogen-bond acceptors (Lipinski definition) is 2. The van der Waals surface area contributed by atoms with Gasteiger partial charge in [-0.25, -0.2) is 0 Å². The Hall–Kier alpha value is -0.673. The van der Waals surface area contributed by atoms with Crippen LogP contribution in [0.2, 0.25) is 13.1 Å². The zero-order chi connectivity index (χ0) is 10.6. The van der Waals surface area contributed by atoms with Gasteiger partial charge in [0.05, 0.1) is 8.80 Å². The lowest BCUT2D eigenvalue weighted by Crippen LogP contribution is -2.28. The summed E-state index contributed by atoms with van der Waals surface area (Å²) >= 11 is 4.22. The molecule has 0 aromatic heterocycles. The van der Waals surface area contributed by atoms with Crippen molar-refractivity contribution in [2.75, 3.05) is 0 Å². The van der Waals surface area contributed by atoms with Gasteiger partial charge >= 0.3 is 0 Å². The summed E-state index contributed by atoms with van der Waals surface area (Å²) in [6.45, 7) is 8.29. The van der Waals surface area contributed by atoms with E-state index in [0.29, 0.717) is 0 Å². The van der Waals surface area contributed by atoms with Crippen LogP contribution in [0.4, 0.5) is 0 Å². The van der Waals surface area contributed by atoms with Crippen LogP contribution in [0.1, 0.15) is 0 Å². The first-order valence-corrected chi connectivity index (χ1v) is 8.14. The second-order valence-corrected chi connectivity index (χ2v) is 7.22. The summed E-state index contributed by atoms with van der Waals surface area (Å²) in [5.74, 6) is 0.897. The Bertz CT molecular complexity index is 295. The Labute approximate surface area is 92.8 Å². The number of thiol groups is 1. The molecule has 0 N–H and O–H groups in total. The van der Waals surface area contributed by atoms with Crippen molar-refractivity contribution < 1.29 is 4.74 Å². The molecule has 0 spiro atoms. The van der Waals surface area contributed by atoms with Crippen molar-refractivity contribution >= 4 is 21.4 Å². The minimum absolute atomic E-state index is 0.209. The van der Waals surface area contributed by atoms with E-state index in [1.165, 1.54) is 0 Å². The third-order valence-electron chi connectivity index (χ3n) is 2.00. The van der Waals surface area contributed by atoms with Crippen molar-refractivity contribution in [1.82, 2.24) is 0 Å². The summed E-state index contributed by atoms with van der Waals surface area (Å²) in [5.41, 5.74) is 0.209. The molecule has 1 nitrogen and oxygen atoms in total. The fraction of sp³-hybridized carbons (Fsp3) is 0.273. The molecule has 1 rings (SSSR count). The van der Waals surface area contributed by atoms with Gasteiger partial charge in [0.2, 0.25) is 0 Å². The maximum atomic E-state index is 5.79. The first-order chi connectivity index (χ1) is 6.63. The minimum atomic E-state index is -0.827. The number of benzene rings is 1. The van der Waals surface area contributed by atoms with Gasteiger partial charge < -0.3 is 4.74 Å². The van der Waals surface area contributed by atoms with Crippen molar-refractivity contribution in [2.24, 2.45) is 0 Å². The van der Waals surface area contributed by atoms with Crippen LogP contribution >= 0.6 is 12.6 Å². The normalized spacial score (nSPS) is 12.6. The van der Waals surface area contributed by atoms with Gasteiger partial charge in [-0.2, -0.15) is 0 Å². The molecule has 1 aromatic carbocycles. The van der Waals surface area contributed by atoms with Crippen molar-refractivity contribution in [2.45, 2.75) is 23.7 Å². The Balaban J connectivity index is 2.67. The molecule has 0 aliphatic rings. The molecule has 0 aliphatic carbocycles. The van der Waals surface area contributed by atoms with Gasteiger partial charge in [0, 0.05) is 4.90 Å². The predicted molar refractivity (Wildman–Crippen MR) is 67.2 cm³/mol. The third-order valence-corrected chi connectivity index (χ3v) is 4.02. The number of rotatable bonds is 4. The average Bonchev–Trinajstić information content (AvgIpc) is 2.16. The maximum Gasteiger partial charge on any atom is 0.119 e. The molecule has 1 atom stereocenters. The quantitative estimate of drug-likeness (QED) is 0.470. The lowest BCUT2D eigenvalue weighted by atomic mass is 10.3. The first kappa shape index (κ1) is 11.4. The molecule has 0 radical (unpaired) electrons. The Morgan fingerprint density at radius 2 is 1.93 bits per heavy atom. The number of hydrogen-bond donors (Lipinski definition) is 1. The van der Waals surface area contributed by atoms with Crippen LogP contribution < -0.4 is 4.74 Å². The van der Waals surface area contributed by atoms with Crippen molar-refractivity contribution in [3.05, 3.63) is 36.9 Å². The third kappa shape index (κ3) is 3.23. The van der Waals surface area contributed by atoms with Gasteiger partial charge in [0.1, 0.15) is 11.5 Å². The molecule has 0 saturated heterocycles. The molecule has 0 heterocycles. The van der Waals surface area contributed by atoms with Crippen LogP contribution in [0.25, 0.3) is 0 Å². The Morgan fingerprint density at radius 3 is 2.36 bits per heavy atom. The van der Waals surface area contributed by atoms with Gasteiger partial charge in [-0.1, -0.05) is 25.7 Å². The van der Waals surface area contributed by atoms with Crippen LogP contribution in [0.3, 0.4) is 0 Å². The van der Waals surface area contributed by atoms with Gasteiger partial charge in [-0.05, 0) is 24.3 Å². The summed E-state index contributed by atoms with van der Waals surface area (Å²) in [6.07, 6.45) is 1.89. The molecule has 0 amide bonds. The monoisotopic (exact) mass is 224 g/mol. The van der Waals surface area contributed by atoms with Gasteiger partial charge in [0.25, 0.3) is 0 Å². The van der Waals surface area contributed by atoms with Crippen LogP contribution in [0.15, 0.2) is 41.8 Å². The summed E-state index contributed by atoms with van der Waals surface area (Å²) in [7, 11) is -0.827. The van der Waals surface area contributed by atoms with E-state index in [1.54, 1.807) is 0 Å². The summed E-state index contributed by atoms with van der Waals surface area (Å²) in [5, 5.41) is 0. The molecular formula is C11H16OSSi. The minimum Gasteiger partial charge on any atom is -0.491 e. The molecule has 0 bridgehead atoms. The van der Waals surface area contributed by atoms with Gasteiger partial charge in [-0.3, -0.25) is 0 Å². The van der Waals surface area contributed by atoms with Crippen molar-refractivity contribution in [1.29, 1.82) is 0 Å². The second-order valence-electron chi connectivity index (χ2n) is 3.56. The van der Waals surface area contributed by atoms with E-state index in [9.17, 15) is 0 Å². The smallest absolute Gasteiger partial charge is 0.119 e. The van der Waals surface area contributed by atoms with E-state index in [-0.39, 0.29) is 5.73 Å². The highest BCUT2D eigenvalue weighted by Gasteiger charge is 2.11. The largest absolute Gasteiger partial charge is 0.491 e. The predicted octanol–water partition coefficient (Wildman–Crippen LogP) is 2.93. The van der Waals surface area contributed by atoms with E-state index < -0.39 is 8.80 Å². The van der Waals surface area contributed by atoms with Crippen LogP contribution in [-0.4, -0.2) is 14.5 Å². The fourth-order valence-electron chi connectivity index (χ4n) is 1.14. The molecule has 1 unspecified atom stereocenters. The molecule has 1 aromatic rings. The second kappa shape index (κ2) is 5.27. The Morgan fingerprint density at radius 1 is 1.36 bits per heavy atom. The van der Waals surface area contributed by atoms with Crippen LogP contribution in [0, 0.1) is 0 Å². The van der Waals surface area contributed by atoms with Gasteiger partial charge in [-0.15, -0.1) is 12.6 Å². The van der Waals surface area contributed by atoms with E-state index in [4.69, 9.17) is 4.74 Å². The molecule has 76 valence electrons. The van der Waals surface area contributed by atoms with E-state index >= 15 is 0 Å². The van der Waals surface area contributed by atoms with E-state index in [1.807, 2.05) is 30.3 Å². The van der Waals surface area contributed by atoms with Crippen molar-refractivity contribution in [3.63, 3.8) is 0 Å². The van der Waals surface area contributed by atoms with Crippen LogP contribution in [-0.2, 0) is 0 Å². The van der Waals surface area contributed by atoms with E-state index in [0.717, 1.165) is 10.6 Å². The summed E-state index contributed by atoms with van der Waals surface area (Å²) in [4.78, 5) is 0.953. The zero-order valence-electron chi connectivity index (χ0n) is 8.60. The highest BCUT2D eigenvalue weighted by molar-refractivity contribution is 7.80. The van der Waals surface area contributed by atoms with Crippen LogP contribution in [0.5, 0.6) is 5.75 Å². The topological polar surface area (TPSA) is 9.23 Å². The highest BCUT2D eigenvalue weighted by Crippen LogP contribution is 2.16.